The van der Waals surface area contributed by atoms with Crippen molar-refractivity contribution >= 4 is 0 Å². The predicted molar refractivity (Wildman–Crippen MR) is 71.1 cm³/mol. The van der Waals surface area contributed by atoms with E-state index in [-0.39, 0.29) is 0 Å². The molecule has 17 heavy (non-hydrogen) atoms. The molecule has 0 aliphatic heterocycles. The number of aliphatic hydroxyl groups is 1. The smallest absolute Gasteiger partial charge is 0.0812 e. The number of hydrogen-bond donors (Lipinski definition) is 1. The summed E-state index contributed by atoms with van der Waals surface area (Å²) in [6.07, 6.45) is 3.57. The van der Waals surface area contributed by atoms with Gasteiger partial charge in [-0.15, -0.1) is 0 Å². The summed E-state index contributed by atoms with van der Waals surface area (Å²) >= 11 is 0. The molecule has 0 aliphatic carbocycles. The average molecular weight is 236 g/mol. The first kappa shape index (κ1) is 14.2. The van der Waals surface area contributed by atoms with Crippen LogP contribution in [-0.4, -0.2) is 18.3 Å². The molecule has 0 aromatic heterocycles. The molecule has 0 bridgehead atoms. The molecule has 0 saturated carbocycles. The van der Waals surface area contributed by atoms with E-state index >= 15 is 0 Å². The largest absolute Gasteiger partial charge is 0.388 e. The molecule has 0 radical (unpaired) electrons. The molecule has 1 unspecified atom stereocenters. The van der Waals surface area contributed by atoms with Crippen molar-refractivity contribution in [1.29, 1.82) is 0 Å². The molecule has 1 N–H and O–H groups in total. The van der Waals surface area contributed by atoms with E-state index in [0.717, 1.165) is 31.4 Å². The van der Waals surface area contributed by atoms with Crippen molar-refractivity contribution in [2.45, 2.75) is 45.6 Å². The fraction of sp³-hybridized carbons (Fsp3) is 0.600. The van der Waals surface area contributed by atoms with Crippen LogP contribution < -0.4 is 0 Å². The van der Waals surface area contributed by atoms with Gasteiger partial charge in [0.2, 0.25) is 0 Å². The Morgan fingerprint density at radius 1 is 1.12 bits per heavy atom. The standard InChI is InChI=1S/C15H24O2/c1-3-5-11-17-12-10-15(16)14-8-6-13(4-2)7-9-14/h6-9,15-16H,3-5,10-12H2,1-2H3. The second kappa shape index (κ2) is 8.26. The SMILES string of the molecule is CCCCOCCC(O)c1ccc(CC)cc1. The summed E-state index contributed by atoms with van der Waals surface area (Å²) in [6.45, 7) is 5.72. The zero-order valence-electron chi connectivity index (χ0n) is 11.0. The van der Waals surface area contributed by atoms with Crippen LogP contribution in [0.5, 0.6) is 0 Å². The monoisotopic (exact) mass is 236 g/mol. The molecule has 1 atom stereocenters. The lowest BCUT2D eigenvalue weighted by Gasteiger charge is -2.11. The van der Waals surface area contributed by atoms with Gasteiger partial charge in [0.15, 0.2) is 0 Å². The number of hydrogen-bond acceptors (Lipinski definition) is 2. The van der Waals surface area contributed by atoms with Gasteiger partial charge in [-0.2, -0.15) is 0 Å². The minimum absolute atomic E-state index is 0.400. The molecule has 0 fully saturated rings. The fourth-order valence-electron chi connectivity index (χ4n) is 1.69. The van der Waals surface area contributed by atoms with Gasteiger partial charge in [-0.25, -0.2) is 0 Å². The minimum atomic E-state index is -0.400. The summed E-state index contributed by atoms with van der Waals surface area (Å²) in [6, 6.07) is 8.18. The van der Waals surface area contributed by atoms with Gasteiger partial charge in [-0.05, 0) is 24.0 Å². The molecule has 0 heterocycles. The first-order chi connectivity index (χ1) is 8.27. The summed E-state index contributed by atoms with van der Waals surface area (Å²) < 4.78 is 5.45. The van der Waals surface area contributed by atoms with Crippen LogP contribution in [0, 0.1) is 0 Å². The molecule has 0 amide bonds. The lowest BCUT2D eigenvalue weighted by Crippen LogP contribution is -2.04. The second-order valence-electron chi connectivity index (χ2n) is 4.37. The predicted octanol–water partition coefficient (Wildman–Crippen LogP) is 3.49. The van der Waals surface area contributed by atoms with E-state index < -0.39 is 6.10 Å². The highest BCUT2D eigenvalue weighted by atomic mass is 16.5. The van der Waals surface area contributed by atoms with Crippen LogP contribution >= 0.6 is 0 Å². The maximum Gasteiger partial charge on any atom is 0.0812 e. The molecule has 0 spiro atoms. The van der Waals surface area contributed by atoms with Crippen molar-refractivity contribution in [3.63, 3.8) is 0 Å². The van der Waals surface area contributed by atoms with Gasteiger partial charge in [0.05, 0.1) is 6.10 Å². The van der Waals surface area contributed by atoms with E-state index in [9.17, 15) is 5.11 Å². The van der Waals surface area contributed by atoms with Gasteiger partial charge in [0, 0.05) is 19.6 Å². The van der Waals surface area contributed by atoms with Crippen LogP contribution in [-0.2, 0) is 11.2 Å². The van der Waals surface area contributed by atoms with E-state index in [2.05, 4.69) is 26.0 Å². The van der Waals surface area contributed by atoms with Crippen molar-refractivity contribution in [2.75, 3.05) is 13.2 Å². The molecular weight excluding hydrogens is 212 g/mol. The maximum absolute atomic E-state index is 9.96. The molecule has 2 heteroatoms. The number of ether oxygens (including phenoxy) is 1. The van der Waals surface area contributed by atoms with Gasteiger partial charge >= 0.3 is 0 Å². The Bertz CT molecular complexity index is 292. The molecule has 1 aromatic carbocycles. The fourth-order valence-corrected chi connectivity index (χ4v) is 1.69. The third-order valence-corrected chi connectivity index (χ3v) is 2.95. The molecule has 1 rings (SSSR count). The van der Waals surface area contributed by atoms with Crippen LogP contribution in [0.1, 0.15) is 50.3 Å². The van der Waals surface area contributed by atoms with Crippen LogP contribution in [0.4, 0.5) is 0 Å². The van der Waals surface area contributed by atoms with Gasteiger partial charge in [0.25, 0.3) is 0 Å². The normalized spacial score (nSPS) is 12.6. The Hall–Kier alpha value is -0.860. The van der Waals surface area contributed by atoms with E-state index in [1.165, 1.54) is 5.56 Å². The zero-order chi connectivity index (χ0) is 12.5. The Morgan fingerprint density at radius 2 is 1.82 bits per heavy atom. The molecule has 2 nitrogen and oxygen atoms in total. The number of benzene rings is 1. The maximum atomic E-state index is 9.96. The lowest BCUT2D eigenvalue weighted by molar-refractivity contribution is 0.0805. The number of unbranched alkanes of at least 4 members (excludes halogenated alkanes) is 1. The topological polar surface area (TPSA) is 29.5 Å². The molecule has 1 aromatic rings. The van der Waals surface area contributed by atoms with Gasteiger partial charge < -0.3 is 9.84 Å². The Kier molecular flexibility index (Phi) is 6.90. The summed E-state index contributed by atoms with van der Waals surface area (Å²) in [5, 5.41) is 9.96. The van der Waals surface area contributed by atoms with Crippen LogP contribution in [0.25, 0.3) is 0 Å². The molecule has 96 valence electrons. The molecule has 0 aliphatic rings. The number of aryl methyl sites for hydroxylation is 1. The van der Waals surface area contributed by atoms with Crippen LogP contribution in [0.2, 0.25) is 0 Å². The first-order valence-corrected chi connectivity index (χ1v) is 6.62. The zero-order valence-corrected chi connectivity index (χ0v) is 11.0. The van der Waals surface area contributed by atoms with Crippen molar-refractivity contribution in [3.8, 4) is 0 Å². The van der Waals surface area contributed by atoms with E-state index in [1.807, 2.05) is 12.1 Å². The molecule has 0 saturated heterocycles. The molecular formula is C15H24O2. The van der Waals surface area contributed by atoms with E-state index in [0.29, 0.717) is 13.0 Å². The van der Waals surface area contributed by atoms with Crippen molar-refractivity contribution in [2.24, 2.45) is 0 Å². The summed E-state index contributed by atoms with van der Waals surface area (Å²) in [5.74, 6) is 0. The van der Waals surface area contributed by atoms with Crippen molar-refractivity contribution in [3.05, 3.63) is 35.4 Å². The van der Waals surface area contributed by atoms with Gasteiger partial charge in [-0.3, -0.25) is 0 Å². The number of rotatable bonds is 8. The van der Waals surface area contributed by atoms with E-state index in [1.54, 1.807) is 0 Å². The quantitative estimate of drug-likeness (QED) is 0.700. The number of aliphatic hydroxyl groups excluding tert-OH is 1. The van der Waals surface area contributed by atoms with E-state index in [4.69, 9.17) is 4.74 Å². The highest BCUT2D eigenvalue weighted by Gasteiger charge is 2.06. The summed E-state index contributed by atoms with van der Waals surface area (Å²) in [4.78, 5) is 0. The summed E-state index contributed by atoms with van der Waals surface area (Å²) in [5.41, 5.74) is 2.29. The third-order valence-electron chi connectivity index (χ3n) is 2.95. The Balaban J connectivity index is 2.28. The Morgan fingerprint density at radius 3 is 2.41 bits per heavy atom. The van der Waals surface area contributed by atoms with Crippen LogP contribution in [0.15, 0.2) is 24.3 Å². The van der Waals surface area contributed by atoms with Crippen molar-refractivity contribution in [1.82, 2.24) is 0 Å². The lowest BCUT2D eigenvalue weighted by atomic mass is 10.0. The summed E-state index contributed by atoms with van der Waals surface area (Å²) in [7, 11) is 0. The second-order valence-corrected chi connectivity index (χ2v) is 4.37. The van der Waals surface area contributed by atoms with Gasteiger partial charge in [-0.1, -0.05) is 44.5 Å². The Labute approximate surface area is 105 Å². The third kappa shape index (κ3) is 5.33. The average Bonchev–Trinajstić information content (AvgIpc) is 2.38. The first-order valence-electron chi connectivity index (χ1n) is 6.62. The minimum Gasteiger partial charge on any atom is -0.388 e. The van der Waals surface area contributed by atoms with Crippen LogP contribution in [0.3, 0.4) is 0 Å². The highest BCUT2D eigenvalue weighted by molar-refractivity contribution is 5.24. The highest BCUT2D eigenvalue weighted by Crippen LogP contribution is 2.17. The van der Waals surface area contributed by atoms with Gasteiger partial charge in [0.1, 0.15) is 0 Å². The van der Waals surface area contributed by atoms with Crippen molar-refractivity contribution < 1.29 is 9.84 Å².